The average molecular weight is 260 g/mol. The van der Waals surface area contributed by atoms with Gasteiger partial charge >= 0.3 is 0 Å². The fourth-order valence-electron chi connectivity index (χ4n) is 1.98. The summed E-state index contributed by atoms with van der Waals surface area (Å²) in [6, 6.07) is 5.58. The first-order valence-corrected chi connectivity index (χ1v) is 6.71. The monoisotopic (exact) mass is 260 g/mol. The van der Waals surface area contributed by atoms with E-state index in [1.54, 1.807) is 12.1 Å². The maximum absolute atomic E-state index is 12.1. The van der Waals surface area contributed by atoms with E-state index in [0.29, 0.717) is 24.3 Å². The fourth-order valence-corrected chi connectivity index (χ4v) is 1.98. The Balaban J connectivity index is 2.14. The van der Waals surface area contributed by atoms with Crippen LogP contribution in [-0.2, 0) is 11.2 Å². The van der Waals surface area contributed by atoms with Crippen LogP contribution in [-0.4, -0.2) is 17.9 Å². The first-order chi connectivity index (χ1) is 8.97. The Labute approximate surface area is 113 Å². The standard InChI is InChI=1S/C15H20N2O2/c1-9(2)10(3)16-15(19)12-4-6-13-11(8-12)5-7-14(18)17-13/h4,6,8-10H,5,7H2,1-3H3,(H,16,19)(H,17,18). The Morgan fingerprint density at radius 2 is 2.00 bits per heavy atom. The number of amides is 2. The van der Waals surface area contributed by atoms with Gasteiger partial charge in [-0.15, -0.1) is 0 Å². The summed E-state index contributed by atoms with van der Waals surface area (Å²) in [5, 5.41) is 5.80. The molecule has 0 fully saturated rings. The zero-order valence-electron chi connectivity index (χ0n) is 11.6. The third kappa shape index (κ3) is 3.13. The molecular weight excluding hydrogens is 240 g/mol. The van der Waals surface area contributed by atoms with Gasteiger partial charge in [-0.05, 0) is 43.0 Å². The molecule has 2 amide bonds. The lowest BCUT2D eigenvalue weighted by molar-refractivity contribution is -0.116. The van der Waals surface area contributed by atoms with Crippen molar-refractivity contribution in [1.29, 1.82) is 0 Å². The number of carbonyl (C=O) groups is 2. The summed E-state index contributed by atoms with van der Waals surface area (Å²) in [5.74, 6) is 0.389. The van der Waals surface area contributed by atoms with Crippen molar-refractivity contribution in [2.75, 3.05) is 5.32 Å². The van der Waals surface area contributed by atoms with E-state index in [1.165, 1.54) is 0 Å². The number of anilines is 1. The van der Waals surface area contributed by atoms with E-state index in [9.17, 15) is 9.59 Å². The van der Waals surface area contributed by atoms with Crippen molar-refractivity contribution < 1.29 is 9.59 Å². The number of rotatable bonds is 3. The highest BCUT2D eigenvalue weighted by molar-refractivity contribution is 5.98. The summed E-state index contributed by atoms with van der Waals surface area (Å²) in [4.78, 5) is 23.4. The molecule has 0 bridgehead atoms. The van der Waals surface area contributed by atoms with Crippen molar-refractivity contribution >= 4 is 17.5 Å². The van der Waals surface area contributed by atoms with Crippen LogP contribution in [0.25, 0.3) is 0 Å². The Morgan fingerprint density at radius 1 is 1.26 bits per heavy atom. The molecule has 1 unspecified atom stereocenters. The van der Waals surface area contributed by atoms with Crippen LogP contribution >= 0.6 is 0 Å². The second-order valence-electron chi connectivity index (χ2n) is 5.43. The van der Waals surface area contributed by atoms with Crippen molar-refractivity contribution in [2.45, 2.75) is 39.7 Å². The van der Waals surface area contributed by atoms with E-state index in [1.807, 2.05) is 13.0 Å². The van der Waals surface area contributed by atoms with Crippen molar-refractivity contribution in [2.24, 2.45) is 5.92 Å². The largest absolute Gasteiger partial charge is 0.349 e. The van der Waals surface area contributed by atoms with E-state index >= 15 is 0 Å². The molecule has 4 heteroatoms. The maximum Gasteiger partial charge on any atom is 0.251 e. The zero-order valence-corrected chi connectivity index (χ0v) is 11.6. The molecule has 102 valence electrons. The zero-order chi connectivity index (χ0) is 14.0. The Hall–Kier alpha value is -1.84. The highest BCUT2D eigenvalue weighted by Gasteiger charge is 2.18. The van der Waals surface area contributed by atoms with Crippen LogP contribution in [0.3, 0.4) is 0 Å². The molecule has 0 radical (unpaired) electrons. The molecule has 0 aromatic heterocycles. The van der Waals surface area contributed by atoms with Gasteiger partial charge in [0.1, 0.15) is 0 Å². The number of benzene rings is 1. The van der Waals surface area contributed by atoms with Crippen LogP contribution in [0, 0.1) is 5.92 Å². The number of hydrogen-bond acceptors (Lipinski definition) is 2. The summed E-state index contributed by atoms with van der Waals surface area (Å²) < 4.78 is 0. The molecule has 0 saturated heterocycles. The molecular formula is C15H20N2O2. The van der Waals surface area contributed by atoms with E-state index in [-0.39, 0.29) is 17.9 Å². The number of nitrogens with one attached hydrogen (secondary N) is 2. The first-order valence-electron chi connectivity index (χ1n) is 6.71. The number of carbonyl (C=O) groups excluding carboxylic acids is 2. The molecule has 2 N–H and O–H groups in total. The van der Waals surface area contributed by atoms with Gasteiger partial charge in [0.05, 0.1) is 0 Å². The molecule has 0 saturated carbocycles. The Morgan fingerprint density at radius 3 is 2.68 bits per heavy atom. The van der Waals surface area contributed by atoms with Gasteiger partial charge in [-0.2, -0.15) is 0 Å². The van der Waals surface area contributed by atoms with Gasteiger partial charge in [-0.1, -0.05) is 13.8 Å². The summed E-state index contributed by atoms with van der Waals surface area (Å²) in [6.45, 7) is 6.15. The molecule has 2 rings (SSSR count). The minimum Gasteiger partial charge on any atom is -0.349 e. The first kappa shape index (κ1) is 13.6. The quantitative estimate of drug-likeness (QED) is 0.876. The lowest BCUT2D eigenvalue weighted by Gasteiger charge is -2.20. The summed E-state index contributed by atoms with van der Waals surface area (Å²) in [6.07, 6.45) is 1.18. The van der Waals surface area contributed by atoms with E-state index in [4.69, 9.17) is 0 Å². The van der Waals surface area contributed by atoms with Crippen LogP contribution in [0.15, 0.2) is 18.2 Å². The number of hydrogen-bond donors (Lipinski definition) is 2. The van der Waals surface area contributed by atoms with Gasteiger partial charge in [-0.3, -0.25) is 9.59 Å². The highest BCUT2D eigenvalue weighted by atomic mass is 16.2. The van der Waals surface area contributed by atoms with E-state index in [0.717, 1.165) is 11.3 Å². The Bertz CT molecular complexity index is 509. The van der Waals surface area contributed by atoms with Gasteiger partial charge < -0.3 is 10.6 Å². The van der Waals surface area contributed by atoms with E-state index in [2.05, 4.69) is 24.5 Å². The van der Waals surface area contributed by atoms with Crippen LogP contribution in [0.2, 0.25) is 0 Å². The lowest BCUT2D eigenvalue weighted by atomic mass is 9.99. The maximum atomic E-state index is 12.1. The van der Waals surface area contributed by atoms with Crippen LogP contribution in [0.1, 0.15) is 43.1 Å². The van der Waals surface area contributed by atoms with Crippen molar-refractivity contribution in [3.05, 3.63) is 29.3 Å². The molecule has 1 aliphatic heterocycles. The van der Waals surface area contributed by atoms with Gasteiger partial charge in [0.15, 0.2) is 0 Å². The fraction of sp³-hybridized carbons (Fsp3) is 0.467. The van der Waals surface area contributed by atoms with Crippen molar-refractivity contribution in [3.8, 4) is 0 Å². The average Bonchev–Trinajstić information content (AvgIpc) is 2.37. The minimum atomic E-state index is -0.0547. The highest BCUT2D eigenvalue weighted by Crippen LogP contribution is 2.23. The second-order valence-corrected chi connectivity index (χ2v) is 5.43. The van der Waals surface area contributed by atoms with Gasteiger partial charge in [0, 0.05) is 23.7 Å². The molecule has 0 aliphatic carbocycles. The Kier molecular flexibility index (Phi) is 3.88. The molecule has 19 heavy (non-hydrogen) atoms. The SMILES string of the molecule is CC(C)C(C)NC(=O)c1ccc2c(c1)CCC(=O)N2. The third-order valence-electron chi connectivity index (χ3n) is 3.62. The van der Waals surface area contributed by atoms with Gasteiger partial charge in [0.2, 0.25) is 5.91 Å². The predicted octanol–water partition coefficient (Wildman–Crippen LogP) is 2.35. The molecule has 0 spiro atoms. The predicted molar refractivity (Wildman–Crippen MR) is 75.2 cm³/mol. The van der Waals surface area contributed by atoms with Crippen LogP contribution in [0.5, 0.6) is 0 Å². The topological polar surface area (TPSA) is 58.2 Å². The van der Waals surface area contributed by atoms with Crippen molar-refractivity contribution in [1.82, 2.24) is 5.32 Å². The molecule has 1 aromatic rings. The molecule has 4 nitrogen and oxygen atoms in total. The van der Waals surface area contributed by atoms with Gasteiger partial charge in [0.25, 0.3) is 5.91 Å². The second kappa shape index (κ2) is 5.43. The number of aryl methyl sites for hydroxylation is 1. The molecule has 1 atom stereocenters. The normalized spacial score (nSPS) is 15.7. The smallest absolute Gasteiger partial charge is 0.251 e. The van der Waals surface area contributed by atoms with Crippen LogP contribution in [0.4, 0.5) is 5.69 Å². The molecule has 1 heterocycles. The summed E-state index contributed by atoms with van der Waals surface area (Å²) in [5.41, 5.74) is 2.51. The molecule has 1 aliphatic rings. The number of fused-ring (bicyclic) bond motifs is 1. The minimum absolute atomic E-state index is 0.0399. The van der Waals surface area contributed by atoms with Gasteiger partial charge in [-0.25, -0.2) is 0 Å². The summed E-state index contributed by atoms with van der Waals surface area (Å²) >= 11 is 0. The molecule has 1 aromatic carbocycles. The van der Waals surface area contributed by atoms with E-state index < -0.39 is 0 Å². The third-order valence-corrected chi connectivity index (χ3v) is 3.62. The lowest BCUT2D eigenvalue weighted by Crippen LogP contribution is -2.36. The van der Waals surface area contributed by atoms with Crippen LogP contribution < -0.4 is 10.6 Å². The van der Waals surface area contributed by atoms with Crippen molar-refractivity contribution in [3.63, 3.8) is 0 Å². The summed E-state index contributed by atoms with van der Waals surface area (Å²) in [7, 11) is 0.